The van der Waals surface area contributed by atoms with Crippen LogP contribution in [0.4, 0.5) is 0 Å². The van der Waals surface area contributed by atoms with Gasteiger partial charge in [-0.1, -0.05) is 0 Å². The Morgan fingerprint density at radius 1 is 1.38 bits per heavy atom. The summed E-state index contributed by atoms with van der Waals surface area (Å²) in [5.41, 5.74) is 1.06. The van der Waals surface area contributed by atoms with Gasteiger partial charge in [0.1, 0.15) is 0 Å². The zero-order chi connectivity index (χ0) is 11.4. The van der Waals surface area contributed by atoms with Gasteiger partial charge in [-0.2, -0.15) is 0 Å². The molecule has 1 aromatic heterocycles. The molecule has 1 atom stereocenters. The first-order valence-electron chi connectivity index (χ1n) is 5.93. The van der Waals surface area contributed by atoms with Crippen LogP contribution < -0.4 is 0 Å². The highest BCUT2D eigenvalue weighted by Gasteiger charge is 2.23. The van der Waals surface area contributed by atoms with Crippen LogP contribution in [0.15, 0.2) is 24.5 Å². The Morgan fingerprint density at radius 3 is 2.62 bits per heavy atom. The summed E-state index contributed by atoms with van der Waals surface area (Å²) < 4.78 is 0. The standard InChI is InChI=1S/C13H18N2O/c1-11(15-8-2-3-9-15)13(16)10-12-4-6-14-7-5-12/h4-7,11H,2-3,8-10H2,1H3. The lowest BCUT2D eigenvalue weighted by Crippen LogP contribution is -2.37. The molecule has 86 valence electrons. The average molecular weight is 218 g/mol. The van der Waals surface area contributed by atoms with Gasteiger partial charge < -0.3 is 0 Å². The van der Waals surface area contributed by atoms with Crippen molar-refractivity contribution < 1.29 is 4.79 Å². The van der Waals surface area contributed by atoms with E-state index in [0.717, 1.165) is 18.7 Å². The fourth-order valence-electron chi connectivity index (χ4n) is 2.18. The van der Waals surface area contributed by atoms with Crippen molar-refractivity contribution in [3.63, 3.8) is 0 Å². The molecule has 0 spiro atoms. The molecule has 1 fully saturated rings. The van der Waals surface area contributed by atoms with Crippen LogP contribution in [0.1, 0.15) is 25.3 Å². The first-order chi connectivity index (χ1) is 7.77. The molecule has 16 heavy (non-hydrogen) atoms. The minimum atomic E-state index is 0.0654. The van der Waals surface area contributed by atoms with Crippen molar-refractivity contribution in [1.82, 2.24) is 9.88 Å². The molecule has 0 radical (unpaired) electrons. The largest absolute Gasteiger partial charge is 0.298 e. The fraction of sp³-hybridized carbons (Fsp3) is 0.538. The van der Waals surface area contributed by atoms with Gasteiger partial charge in [-0.3, -0.25) is 14.7 Å². The Labute approximate surface area is 96.5 Å². The predicted octanol–water partition coefficient (Wildman–Crippen LogP) is 1.68. The molecule has 2 rings (SSSR count). The fourth-order valence-corrected chi connectivity index (χ4v) is 2.18. The molecule has 1 aliphatic rings. The number of carbonyl (C=O) groups excluding carboxylic acids is 1. The highest BCUT2D eigenvalue weighted by Crippen LogP contribution is 2.13. The summed E-state index contributed by atoms with van der Waals surface area (Å²) in [5.74, 6) is 0.313. The maximum absolute atomic E-state index is 12.0. The van der Waals surface area contributed by atoms with E-state index >= 15 is 0 Å². The molecule has 0 aliphatic carbocycles. The van der Waals surface area contributed by atoms with Crippen molar-refractivity contribution in [1.29, 1.82) is 0 Å². The molecule has 0 bridgehead atoms. The van der Waals surface area contributed by atoms with Gasteiger partial charge in [-0.05, 0) is 50.6 Å². The second-order valence-corrected chi connectivity index (χ2v) is 4.42. The molecule has 2 heterocycles. The van der Waals surface area contributed by atoms with Gasteiger partial charge in [-0.15, -0.1) is 0 Å². The number of ketones is 1. The number of likely N-dealkylation sites (tertiary alicyclic amines) is 1. The first kappa shape index (κ1) is 11.3. The third-order valence-corrected chi connectivity index (χ3v) is 3.28. The van der Waals surface area contributed by atoms with Crippen LogP contribution in [0, 0.1) is 0 Å². The third-order valence-electron chi connectivity index (χ3n) is 3.28. The topological polar surface area (TPSA) is 33.2 Å². The van der Waals surface area contributed by atoms with Crippen LogP contribution in [0.3, 0.4) is 0 Å². The van der Waals surface area contributed by atoms with Gasteiger partial charge in [0, 0.05) is 18.8 Å². The van der Waals surface area contributed by atoms with Crippen LogP contribution in [-0.4, -0.2) is 34.8 Å². The van der Waals surface area contributed by atoms with Crippen molar-refractivity contribution in [2.75, 3.05) is 13.1 Å². The van der Waals surface area contributed by atoms with Gasteiger partial charge >= 0.3 is 0 Å². The Hall–Kier alpha value is -1.22. The van der Waals surface area contributed by atoms with E-state index in [1.165, 1.54) is 12.8 Å². The SMILES string of the molecule is CC(C(=O)Cc1ccncc1)N1CCCC1. The summed E-state index contributed by atoms with van der Waals surface area (Å²) in [6.45, 7) is 4.17. The van der Waals surface area contributed by atoms with Crippen LogP contribution in [-0.2, 0) is 11.2 Å². The van der Waals surface area contributed by atoms with Crippen molar-refractivity contribution in [3.05, 3.63) is 30.1 Å². The van der Waals surface area contributed by atoms with Gasteiger partial charge in [0.2, 0.25) is 0 Å². The molecule has 0 N–H and O–H groups in total. The highest BCUT2D eigenvalue weighted by atomic mass is 16.1. The summed E-state index contributed by atoms with van der Waals surface area (Å²) in [5, 5.41) is 0. The summed E-state index contributed by atoms with van der Waals surface area (Å²) in [6.07, 6.45) is 6.46. The number of nitrogens with zero attached hydrogens (tertiary/aromatic N) is 2. The maximum Gasteiger partial charge on any atom is 0.154 e. The van der Waals surface area contributed by atoms with Crippen molar-refractivity contribution in [2.45, 2.75) is 32.2 Å². The molecule has 0 amide bonds. The lowest BCUT2D eigenvalue weighted by molar-refractivity contribution is -0.122. The second kappa shape index (κ2) is 5.21. The Balaban J connectivity index is 1.92. The molecule has 1 unspecified atom stereocenters. The second-order valence-electron chi connectivity index (χ2n) is 4.42. The summed E-state index contributed by atoms with van der Waals surface area (Å²) in [4.78, 5) is 18.3. The van der Waals surface area contributed by atoms with E-state index in [2.05, 4.69) is 9.88 Å². The third kappa shape index (κ3) is 2.67. The first-order valence-corrected chi connectivity index (χ1v) is 5.93. The maximum atomic E-state index is 12.0. The Kier molecular flexibility index (Phi) is 3.67. The van der Waals surface area contributed by atoms with Crippen molar-refractivity contribution in [2.24, 2.45) is 0 Å². The van der Waals surface area contributed by atoms with E-state index in [1.807, 2.05) is 19.1 Å². The normalized spacial score (nSPS) is 18.6. The Morgan fingerprint density at radius 2 is 2.00 bits per heavy atom. The number of carbonyl (C=O) groups is 1. The monoisotopic (exact) mass is 218 g/mol. The molecule has 3 heteroatoms. The van der Waals surface area contributed by atoms with E-state index in [0.29, 0.717) is 12.2 Å². The van der Waals surface area contributed by atoms with Crippen LogP contribution >= 0.6 is 0 Å². The van der Waals surface area contributed by atoms with Crippen LogP contribution in [0.5, 0.6) is 0 Å². The van der Waals surface area contributed by atoms with E-state index in [1.54, 1.807) is 12.4 Å². The number of aromatic nitrogens is 1. The smallest absolute Gasteiger partial charge is 0.154 e. The number of hydrogen-bond acceptors (Lipinski definition) is 3. The predicted molar refractivity (Wildman–Crippen MR) is 63.2 cm³/mol. The Bertz CT molecular complexity index is 344. The zero-order valence-corrected chi connectivity index (χ0v) is 9.72. The minimum absolute atomic E-state index is 0.0654. The molecule has 1 saturated heterocycles. The number of Topliss-reactive ketones (excluding diaryl/α,β-unsaturated/α-hetero) is 1. The quantitative estimate of drug-likeness (QED) is 0.771. The molecular weight excluding hydrogens is 200 g/mol. The highest BCUT2D eigenvalue weighted by molar-refractivity contribution is 5.85. The van der Waals surface area contributed by atoms with E-state index in [4.69, 9.17) is 0 Å². The summed E-state index contributed by atoms with van der Waals surface area (Å²) >= 11 is 0. The lowest BCUT2D eigenvalue weighted by atomic mass is 10.1. The number of pyridine rings is 1. The average Bonchev–Trinajstić information content (AvgIpc) is 2.83. The van der Waals surface area contributed by atoms with E-state index in [9.17, 15) is 4.79 Å². The summed E-state index contributed by atoms with van der Waals surface area (Å²) in [7, 11) is 0. The zero-order valence-electron chi connectivity index (χ0n) is 9.72. The van der Waals surface area contributed by atoms with Gasteiger partial charge in [-0.25, -0.2) is 0 Å². The van der Waals surface area contributed by atoms with Gasteiger partial charge in [0.15, 0.2) is 5.78 Å². The molecule has 1 aromatic rings. The van der Waals surface area contributed by atoms with E-state index < -0.39 is 0 Å². The molecule has 0 aromatic carbocycles. The molecule has 1 aliphatic heterocycles. The van der Waals surface area contributed by atoms with Gasteiger partial charge in [0.25, 0.3) is 0 Å². The molecule has 3 nitrogen and oxygen atoms in total. The van der Waals surface area contributed by atoms with Gasteiger partial charge in [0.05, 0.1) is 6.04 Å². The molecular formula is C13H18N2O. The van der Waals surface area contributed by atoms with Crippen LogP contribution in [0.25, 0.3) is 0 Å². The summed E-state index contributed by atoms with van der Waals surface area (Å²) in [6, 6.07) is 3.89. The van der Waals surface area contributed by atoms with Crippen molar-refractivity contribution in [3.8, 4) is 0 Å². The minimum Gasteiger partial charge on any atom is -0.298 e. The van der Waals surface area contributed by atoms with Crippen LogP contribution in [0.2, 0.25) is 0 Å². The lowest BCUT2D eigenvalue weighted by Gasteiger charge is -2.22. The molecule has 0 saturated carbocycles. The van der Waals surface area contributed by atoms with Crippen molar-refractivity contribution >= 4 is 5.78 Å². The number of rotatable bonds is 4. The van der Waals surface area contributed by atoms with E-state index in [-0.39, 0.29) is 6.04 Å². The number of hydrogen-bond donors (Lipinski definition) is 0.